The van der Waals surface area contributed by atoms with Crippen LogP contribution in [0.4, 0.5) is 0 Å². The van der Waals surface area contributed by atoms with Crippen LogP contribution in [0.2, 0.25) is 5.02 Å². The van der Waals surface area contributed by atoms with Crippen molar-refractivity contribution in [3.63, 3.8) is 0 Å². The van der Waals surface area contributed by atoms with Gasteiger partial charge in [0.05, 0.1) is 19.8 Å². The molecule has 7 heteroatoms. The first kappa shape index (κ1) is 18.6. The van der Waals surface area contributed by atoms with E-state index in [4.69, 9.17) is 21.1 Å². The Hall–Kier alpha value is -2.73. The molecule has 0 aliphatic heterocycles. The minimum atomic E-state index is -0.309. The van der Waals surface area contributed by atoms with Crippen LogP contribution in [-0.4, -0.2) is 39.1 Å². The fourth-order valence-electron chi connectivity index (χ4n) is 2.22. The van der Waals surface area contributed by atoms with Gasteiger partial charge in [0.25, 0.3) is 11.8 Å². The number of benzene rings is 2. The van der Waals surface area contributed by atoms with Crippen LogP contribution in [0.1, 0.15) is 20.7 Å². The van der Waals surface area contributed by atoms with Gasteiger partial charge in [-0.2, -0.15) is 0 Å². The third kappa shape index (κ3) is 4.87. The lowest BCUT2D eigenvalue weighted by Crippen LogP contribution is -2.34. The highest BCUT2D eigenvalue weighted by Gasteiger charge is 2.15. The molecule has 0 atom stereocenters. The lowest BCUT2D eigenvalue weighted by atomic mass is 10.1. The number of carbonyl (C=O) groups is 2. The van der Waals surface area contributed by atoms with Crippen molar-refractivity contribution >= 4 is 23.4 Å². The molecule has 0 spiro atoms. The summed E-state index contributed by atoms with van der Waals surface area (Å²) in [6.07, 6.45) is 0. The molecule has 0 fully saturated rings. The number of halogens is 1. The first-order valence-electron chi connectivity index (χ1n) is 7.59. The number of para-hydroxylation sites is 1. The fraction of sp³-hybridized carbons (Fsp3) is 0.222. The number of hydrogen-bond acceptors (Lipinski definition) is 4. The van der Waals surface area contributed by atoms with Crippen molar-refractivity contribution in [3.05, 3.63) is 58.6 Å². The van der Waals surface area contributed by atoms with Crippen molar-refractivity contribution in [2.24, 2.45) is 0 Å². The van der Waals surface area contributed by atoms with Crippen LogP contribution < -0.4 is 20.1 Å². The molecule has 0 aliphatic carbocycles. The van der Waals surface area contributed by atoms with Crippen LogP contribution in [0.15, 0.2) is 42.5 Å². The van der Waals surface area contributed by atoms with Gasteiger partial charge < -0.3 is 20.1 Å². The van der Waals surface area contributed by atoms with E-state index >= 15 is 0 Å². The molecule has 2 aromatic rings. The Labute approximate surface area is 151 Å². The van der Waals surface area contributed by atoms with Gasteiger partial charge in [0.1, 0.15) is 0 Å². The number of rotatable bonds is 7. The Morgan fingerprint density at radius 1 is 0.920 bits per heavy atom. The number of amides is 2. The quantitative estimate of drug-likeness (QED) is 0.742. The predicted molar refractivity (Wildman–Crippen MR) is 95.7 cm³/mol. The van der Waals surface area contributed by atoms with Crippen molar-refractivity contribution in [3.8, 4) is 11.5 Å². The number of methoxy groups -OCH3 is 2. The summed E-state index contributed by atoms with van der Waals surface area (Å²) in [5, 5.41) is 6.02. The van der Waals surface area contributed by atoms with Crippen molar-refractivity contribution in [2.75, 3.05) is 27.3 Å². The summed E-state index contributed by atoms with van der Waals surface area (Å²) in [6.45, 7) is 0.567. The minimum absolute atomic E-state index is 0.232. The molecule has 2 rings (SSSR count). The molecule has 0 saturated heterocycles. The summed E-state index contributed by atoms with van der Waals surface area (Å²) in [4.78, 5) is 24.2. The van der Waals surface area contributed by atoms with E-state index in [1.807, 2.05) is 0 Å². The Balaban J connectivity index is 1.87. The summed E-state index contributed by atoms with van der Waals surface area (Å²) < 4.78 is 10.4. The smallest absolute Gasteiger partial charge is 0.255 e. The first-order valence-corrected chi connectivity index (χ1v) is 7.97. The first-order chi connectivity index (χ1) is 12.1. The van der Waals surface area contributed by atoms with Crippen LogP contribution in [-0.2, 0) is 0 Å². The Kier molecular flexibility index (Phi) is 6.65. The van der Waals surface area contributed by atoms with Gasteiger partial charge in [0.15, 0.2) is 11.5 Å². The molecule has 0 heterocycles. The maximum absolute atomic E-state index is 12.3. The van der Waals surface area contributed by atoms with Crippen molar-refractivity contribution in [1.29, 1.82) is 0 Å². The molecular weight excluding hydrogens is 344 g/mol. The number of carbonyl (C=O) groups excluding carboxylic acids is 2. The molecule has 2 aromatic carbocycles. The topological polar surface area (TPSA) is 76.7 Å². The average molecular weight is 363 g/mol. The van der Waals surface area contributed by atoms with Gasteiger partial charge in [-0.25, -0.2) is 0 Å². The number of hydrogen-bond donors (Lipinski definition) is 2. The van der Waals surface area contributed by atoms with Gasteiger partial charge in [0.2, 0.25) is 0 Å². The van der Waals surface area contributed by atoms with Gasteiger partial charge >= 0.3 is 0 Å². The molecule has 0 aliphatic rings. The average Bonchev–Trinajstić information content (AvgIpc) is 2.64. The summed E-state index contributed by atoms with van der Waals surface area (Å²) in [5.74, 6) is 0.306. The van der Waals surface area contributed by atoms with Gasteiger partial charge in [-0.1, -0.05) is 17.7 Å². The molecule has 2 N–H and O–H groups in total. The van der Waals surface area contributed by atoms with E-state index in [2.05, 4.69) is 10.6 Å². The molecule has 132 valence electrons. The molecule has 2 amide bonds. The van der Waals surface area contributed by atoms with E-state index in [-0.39, 0.29) is 18.4 Å². The highest BCUT2D eigenvalue weighted by Crippen LogP contribution is 2.30. The van der Waals surface area contributed by atoms with Crippen LogP contribution in [0.25, 0.3) is 0 Å². The van der Waals surface area contributed by atoms with Crippen LogP contribution >= 0.6 is 11.6 Å². The molecular formula is C18H19ClN2O4. The van der Waals surface area contributed by atoms with Crippen LogP contribution in [0, 0.1) is 0 Å². The lowest BCUT2D eigenvalue weighted by Gasteiger charge is -2.12. The highest BCUT2D eigenvalue weighted by atomic mass is 35.5. The van der Waals surface area contributed by atoms with Gasteiger partial charge in [0, 0.05) is 23.7 Å². The molecule has 0 unspecified atom stereocenters. The van der Waals surface area contributed by atoms with Crippen molar-refractivity contribution in [1.82, 2.24) is 10.6 Å². The maximum atomic E-state index is 12.3. The Bertz CT molecular complexity index is 747. The normalized spacial score (nSPS) is 10.0. The fourth-order valence-corrected chi connectivity index (χ4v) is 2.34. The monoisotopic (exact) mass is 362 g/mol. The predicted octanol–water partition coefficient (Wildman–Crippen LogP) is 2.52. The zero-order chi connectivity index (χ0) is 18.2. The Morgan fingerprint density at radius 3 is 2.16 bits per heavy atom. The highest BCUT2D eigenvalue weighted by molar-refractivity contribution is 6.30. The minimum Gasteiger partial charge on any atom is -0.493 e. The maximum Gasteiger partial charge on any atom is 0.255 e. The van der Waals surface area contributed by atoms with E-state index in [0.29, 0.717) is 34.2 Å². The second-order valence-electron chi connectivity index (χ2n) is 5.06. The molecule has 0 aromatic heterocycles. The molecule has 0 saturated carbocycles. The molecule has 25 heavy (non-hydrogen) atoms. The van der Waals surface area contributed by atoms with Crippen LogP contribution in [0.5, 0.6) is 11.5 Å². The summed E-state index contributed by atoms with van der Waals surface area (Å²) in [5.41, 5.74) is 0.871. The molecule has 6 nitrogen and oxygen atoms in total. The Morgan fingerprint density at radius 2 is 1.56 bits per heavy atom. The molecule has 0 bridgehead atoms. The number of ether oxygens (including phenoxy) is 2. The van der Waals surface area contributed by atoms with Gasteiger partial charge in [-0.05, 0) is 36.4 Å². The third-order valence-electron chi connectivity index (χ3n) is 3.45. The molecule has 0 radical (unpaired) electrons. The van der Waals surface area contributed by atoms with E-state index in [0.717, 1.165) is 0 Å². The van der Waals surface area contributed by atoms with Gasteiger partial charge in [-0.15, -0.1) is 0 Å². The van der Waals surface area contributed by atoms with E-state index in [1.54, 1.807) is 42.5 Å². The summed E-state index contributed by atoms with van der Waals surface area (Å²) in [7, 11) is 2.98. The van der Waals surface area contributed by atoms with Crippen LogP contribution in [0.3, 0.4) is 0 Å². The number of nitrogens with one attached hydrogen (secondary N) is 2. The third-order valence-corrected chi connectivity index (χ3v) is 3.70. The van der Waals surface area contributed by atoms with Gasteiger partial charge in [-0.3, -0.25) is 9.59 Å². The second-order valence-corrected chi connectivity index (χ2v) is 5.50. The lowest BCUT2D eigenvalue weighted by molar-refractivity contribution is 0.0925. The van der Waals surface area contributed by atoms with Crippen molar-refractivity contribution < 1.29 is 19.1 Å². The summed E-state index contributed by atoms with van der Waals surface area (Å²) in [6, 6.07) is 11.6. The second kappa shape index (κ2) is 8.94. The zero-order valence-corrected chi connectivity index (χ0v) is 14.7. The van der Waals surface area contributed by atoms with E-state index < -0.39 is 0 Å². The summed E-state index contributed by atoms with van der Waals surface area (Å²) >= 11 is 5.78. The zero-order valence-electron chi connectivity index (χ0n) is 14.0. The standard InChI is InChI=1S/C18H19ClN2O4/c1-24-15-5-3-4-14(16(15)25-2)18(23)21-11-10-20-17(22)12-6-8-13(19)9-7-12/h3-9H,10-11H2,1-2H3,(H,20,22)(H,21,23). The largest absolute Gasteiger partial charge is 0.493 e. The SMILES string of the molecule is COc1cccc(C(=O)NCCNC(=O)c2ccc(Cl)cc2)c1OC. The van der Waals surface area contributed by atoms with Crippen molar-refractivity contribution in [2.45, 2.75) is 0 Å². The van der Waals surface area contributed by atoms with E-state index in [1.165, 1.54) is 14.2 Å². The van der Waals surface area contributed by atoms with E-state index in [9.17, 15) is 9.59 Å².